The fourth-order valence-electron chi connectivity index (χ4n) is 0.484. The van der Waals surface area contributed by atoms with E-state index in [1.807, 2.05) is 6.21 Å². The van der Waals surface area contributed by atoms with Crippen LogP contribution in [-0.2, 0) is 4.84 Å². The Morgan fingerprint density at radius 3 is 3.00 bits per heavy atom. The molecule has 0 bridgehead atoms. The molecule has 52 valence electrons. The molecule has 0 amide bonds. The van der Waals surface area contributed by atoms with E-state index in [-0.39, 0.29) is 0 Å². The number of hydrogen-bond acceptors (Lipinski definition) is 2. The van der Waals surface area contributed by atoms with Crippen LogP contribution in [0.15, 0.2) is 5.16 Å². The minimum atomic E-state index is 0.457. The molecule has 0 heterocycles. The topological polar surface area (TPSA) is 21.6 Å². The summed E-state index contributed by atoms with van der Waals surface area (Å²) in [5.74, 6) is 0. The van der Waals surface area contributed by atoms with Gasteiger partial charge in [0, 0.05) is 6.21 Å². The second kappa shape index (κ2) is 3.49. The summed E-state index contributed by atoms with van der Waals surface area (Å²) in [6, 6.07) is 0. The zero-order valence-corrected chi connectivity index (χ0v) is 5.84. The molecule has 0 N–H and O–H groups in total. The van der Waals surface area contributed by atoms with E-state index < -0.39 is 0 Å². The van der Waals surface area contributed by atoms with Crippen molar-refractivity contribution >= 4 is 6.21 Å². The Morgan fingerprint density at radius 2 is 2.44 bits per heavy atom. The molecule has 1 aliphatic carbocycles. The lowest BCUT2D eigenvalue weighted by Crippen LogP contribution is -1.83. The molecule has 0 aromatic rings. The predicted molar refractivity (Wildman–Crippen MR) is 37.5 cm³/mol. The van der Waals surface area contributed by atoms with Crippen molar-refractivity contribution in [2.24, 2.45) is 5.16 Å². The molecule has 0 aromatic carbocycles. The van der Waals surface area contributed by atoms with Gasteiger partial charge in [0.2, 0.25) is 0 Å². The molecule has 0 aliphatic heterocycles. The Labute approximate surface area is 55.9 Å². The normalized spacial score (nSPS) is 18.8. The van der Waals surface area contributed by atoms with Gasteiger partial charge in [-0.2, -0.15) is 0 Å². The number of unbranched alkanes of at least 4 members (excludes halogenated alkanes) is 1. The molecule has 1 fully saturated rings. The SMILES string of the molecule is CCCC=NOC1CC1. The summed E-state index contributed by atoms with van der Waals surface area (Å²) >= 11 is 0. The van der Waals surface area contributed by atoms with Crippen LogP contribution >= 0.6 is 0 Å². The van der Waals surface area contributed by atoms with Crippen LogP contribution < -0.4 is 0 Å². The first kappa shape index (κ1) is 6.59. The molecule has 2 nitrogen and oxygen atoms in total. The minimum absolute atomic E-state index is 0.457. The average Bonchev–Trinajstić information content (AvgIpc) is 2.63. The van der Waals surface area contributed by atoms with Crippen molar-refractivity contribution in [1.29, 1.82) is 0 Å². The van der Waals surface area contributed by atoms with Crippen molar-refractivity contribution in [2.75, 3.05) is 0 Å². The second-order valence-corrected chi connectivity index (χ2v) is 2.38. The van der Waals surface area contributed by atoms with E-state index >= 15 is 0 Å². The molecule has 0 saturated heterocycles. The summed E-state index contributed by atoms with van der Waals surface area (Å²) in [5.41, 5.74) is 0. The highest BCUT2D eigenvalue weighted by Gasteiger charge is 2.22. The minimum Gasteiger partial charge on any atom is -0.393 e. The Morgan fingerprint density at radius 1 is 1.67 bits per heavy atom. The van der Waals surface area contributed by atoms with Crippen LogP contribution in [-0.4, -0.2) is 12.3 Å². The van der Waals surface area contributed by atoms with Crippen LogP contribution in [0.3, 0.4) is 0 Å². The fraction of sp³-hybridized carbons (Fsp3) is 0.857. The lowest BCUT2D eigenvalue weighted by molar-refractivity contribution is 0.130. The van der Waals surface area contributed by atoms with Crippen LogP contribution in [0.1, 0.15) is 32.6 Å². The van der Waals surface area contributed by atoms with Crippen LogP contribution in [0.5, 0.6) is 0 Å². The zero-order valence-electron chi connectivity index (χ0n) is 5.84. The number of hydrogen-bond donors (Lipinski definition) is 0. The second-order valence-electron chi connectivity index (χ2n) is 2.38. The zero-order chi connectivity index (χ0) is 6.53. The maximum Gasteiger partial charge on any atom is 0.127 e. The predicted octanol–water partition coefficient (Wildman–Crippen LogP) is 1.95. The third-order valence-corrected chi connectivity index (χ3v) is 1.23. The average molecular weight is 127 g/mol. The molecule has 0 unspecified atom stereocenters. The van der Waals surface area contributed by atoms with E-state index in [0.29, 0.717) is 6.10 Å². The first-order chi connectivity index (χ1) is 4.43. The molecule has 9 heavy (non-hydrogen) atoms. The van der Waals surface area contributed by atoms with Gasteiger partial charge in [0.05, 0.1) is 0 Å². The van der Waals surface area contributed by atoms with E-state index in [1.54, 1.807) is 0 Å². The molecule has 2 heteroatoms. The molecular weight excluding hydrogens is 114 g/mol. The Hall–Kier alpha value is -0.530. The van der Waals surface area contributed by atoms with Gasteiger partial charge in [-0.15, -0.1) is 0 Å². The van der Waals surface area contributed by atoms with Gasteiger partial charge in [0.1, 0.15) is 6.10 Å². The van der Waals surface area contributed by atoms with Gasteiger partial charge in [-0.25, -0.2) is 0 Å². The van der Waals surface area contributed by atoms with Crippen molar-refractivity contribution in [3.63, 3.8) is 0 Å². The molecule has 0 atom stereocenters. The molecule has 0 radical (unpaired) electrons. The van der Waals surface area contributed by atoms with E-state index in [2.05, 4.69) is 12.1 Å². The molecule has 0 spiro atoms. The van der Waals surface area contributed by atoms with Gasteiger partial charge in [-0.1, -0.05) is 18.5 Å². The summed E-state index contributed by atoms with van der Waals surface area (Å²) in [4.78, 5) is 5.02. The lowest BCUT2D eigenvalue weighted by Gasteiger charge is -1.90. The third-order valence-electron chi connectivity index (χ3n) is 1.23. The summed E-state index contributed by atoms with van der Waals surface area (Å²) in [6.07, 6.45) is 6.88. The molecule has 1 rings (SSSR count). The van der Waals surface area contributed by atoms with Crippen LogP contribution in [0.4, 0.5) is 0 Å². The number of oxime groups is 1. The van der Waals surface area contributed by atoms with Crippen LogP contribution in [0.25, 0.3) is 0 Å². The number of rotatable bonds is 4. The van der Waals surface area contributed by atoms with Gasteiger partial charge >= 0.3 is 0 Å². The summed E-state index contributed by atoms with van der Waals surface area (Å²) < 4.78 is 0. The first-order valence-electron chi connectivity index (χ1n) is 3.61. The fourth-order valence-corrected chi connectivity index (χ4v) is 0.484. The van der Waals surface area contributed by atoms with Gasteiger partial charge in [0.15, 0.2) is 0 Å². The van der Waals surface area contributed by atoms with E-state index in [1.165, 1.54) is 12.8 Å². The largest absolute Gasteiger partial charge is 0.393 e. The highest BCUT2D eigenvalue weighted by molar-refractivity contribution is 5.55. The maximum absolute atomic E-state index is 5.02. The Balaban J connectivity index is 1.88. The standard InChI is InChI=1S/C7H13NO/c1-2-3-6-8-9-7-4-5-7/h6-7H,2-5H2,1H3. The van der Waals surface area contributed by atoms with Gasteiger partial charge < -0.3 is 4.84 Å². The molecular formula is C7H13NO. The van der Waals surface area contributed by atoms with Crippen molar-refractivity contribution in [3.8, 4) is 0 Å². The summed E-state index contributed by atoms with van der Waals surface area (Å²) in [6.45, 7) is 2.13. The van der Waals surface area contributed by atoms with E-state index in [9.17, 15) is 0 Å². The monoisotopic (exact) mass is 127 g/mol. The van der Waals surface area contributed by atoms with E-state index in [4.69, 9.17) is 4.84 Å². The third kappa shape index (κ3) is 3.12. The van der Waals surface area contributed by atoms with Crippen LogP contribution in [0.2, 0.25) is 0 Å². The van der Waals surface area contributed by atoms with Gasteiger partial charge in [-0.05, 0) is 19.3 Å². The quantitative estimate of drug-likeness (QED) is 0.418. The van der Waals surface area contributed by atoms with Crippen molar-refractivity contribution in [3.05, 3.63) is 0 Å². The summed E-state index contributed by atoms with van der Waals surface area (Å²) in [7, 11) is 0. The van der Waals surface area contributed by atoms with E-state index in [0.717, 1.165) is 12.8 Å². The molecule has 1 aliphatic rings. The highest BCUT2D eigenvalue weighted by atomic mass is 16.6. The van der Waals surface area contributed by atoms with Gasteiger partial charge in [-0.3, -0.25) is 0 Å². The van der Waals surface area contributed by atoms with Crippen molar-refractivity contribution in [2.45, 2.75) is 38.7 Å². The smallest absolute Gasteiger partial charge is 0.127 e. The van der Waals surface area contributed by atoms with Gasteiger partial charge in [0.25, 0.3) is 0 Å². The van der Waals surface area contributed by atoms with Crippen molar-refractivity contribution in [1.82, 2.24) is 0 Å². The number of nitrogens with zero attached hydrogens (tertiary/aromatic N) is 1. The summed E-state index contributed by atoms with van der Waals surface area (Å²) in [5, 5.41) is 3.80. The lowest BCUT2D eigenvalue weighted by atomic mass is 10.4. The van der Waals surface area contributed by atoms with Crippen molar-refractivity contribution < 1.29 is 4.84 Å². The Bertz CT molecular complexity index is 97.1. The molecule has 1 saturated carbocycles. The highest BCUT2D eigenvalue weighted by Crippen LogP contribution is 2.23. The molecule has 0 aromatic heterocycles. The van der Waals surface area contributed by atoms with Crippen LogP contribution in [0, 0.1) is 0 Å². The maximum atomic E-state index is 5.02. The Kier molecular flexibility index (Phi) is 2.55. The first-order valence-corrected chi connectivity index (χ1v) is 3.61.